The van der Waals surface area contributed by atoms with Gasteiger partial charge in [-0.3, -0.25) is 10.1 Å². The highest BCUT2D eigenvalue weighted by atomic mass is 16.6. The highest BCUT2D eigenvalue weighted by Gasteiger charge is 2.22. The standard InChI is InChI=1S/C13H18N2O4/c1-2-5-19-13-7-10(6-11(8-13)15(17)18)14-4-3-12(16)9-14/h6-8,12,16H,2-5,9H2,1H3/t12-/m1/s1. The Morgan fingerprint density at radius 1 is 1.53 bits per heavy atom. The summed E-state index contributed by atoms with van der Waals surface area (Å²) in [5.41, 5.74) is 0.752. The van der Waals surface area contributed by atoms with Crippen LogP contribution in [0.2, 0.25) is 0 Å². The highest BCUT2D eigenvalue weighted by molar-refractivity contribution is 5.58. The van der Waals surface area contributed by atoms with Gasteiger partial charge in [-0.1, -0.05) is 6.92 Å². The Morgan fingerprint density at radius 2 is 2.32 bits per heavy atom. The number of rotatable bonds is 5. The molecular weight excluding hydrogens is 248 g/mol. The number of aliphatic hydroxyl groups is 1. The van der Waals surface area contributed by atoms with E-state index in [1.165, 1.54) is 12.1 Å². The fourth-order valence-corrected chi connectivity index (χ4v) is 2.14. The minimum atomic E-state index is -0.422. The molecule has 1 fully saturated rings. The molecule has 1 aromatic carbocycles. The van der Waals surface area contributed by atoms with Crippen LogP contribution in [0, 0.1) is 10.1 Å². The van der Waals surface area contributed by atoms with Gasteiger partial charge >= 0.3 is 0 Å². The Morgan fingerprint density at radius 3 is 2.89 bits per heavy atom. The number of hydrogen-bond donors (Lipinski definition) is 1. The third-order valence-electron chi connectivity index (χ3n) is 3.09. The molecule has 19 heavy (non-hydrogen) atoms. The van der Waals surface area contributed by atoms with Crippen LogP contribution in [-0.4, -0.2) is 35.8 Å². The van der Waals surface area contributed by atoms with E-state index in [0.717, 1.165) is 12.1 Å². The Kier molecular flexibility index (Phi) is 4.21. The van der Waals surface area contributed by atoms with Gasteiger partial charge in [-0.25, -0.2) is 0 Å². The number of ether oxygens (including phenoxy) is 1. The Hall–Kier alpha value is -1.82. The van der Waals surface area contributed by atoms with Crippen molar-refractivity contribution in [1.29, 1.82) is 0 Å². The molecule has 0 aliphatic carbocycles. The fraction of sp³-hybridized carbons (Fsp3) is 0.538. The lowest BCUT2D eigenvalue weighted by molar-refractivity contribution is -0.384. The summed E-state index contributed by atoms with van der Waals surface area (Å²) in [6.07, 6.45) is 1.17. The van der Waals surface area contributed by atoms with Gasteiger partial charge in [0.1, 0.15) is 5.75 Å². The summed E-state index contributed by atoms with van der Waals surface area (Å²) in [6, 6.07) is 4.75. The van der Waals surface area contributed by atoms with Crippen molar-refractivity contribution in [3.8, 4) is 5.75 Å². The van der Waals surface area contributed by atoms with Gasteiger partial charge in [0.2, 0.25) is 0 Å². The summed E-state index contributed by atoms with van der Waals surface area (Å²) < 4.78 is 5.48. The Bertz CT molecular complexity index is 464. The largest absolute Gasteiger partial charge is 0.493 e. The summed E-state index contributed by atoms with van der Waals surface area (Å²) in [4.78, 5) is 12.5. The number of β-amino-alcohol motifs (C(OH)–C–C–N with tert-alkyl or cyclic N) is 1. The second-order valence-electron chi connectivity index (χ2n) is 4.68. The van der Waals surface area contributed by atoms with Crippen LogP contribution in [0.4, 0.5) is 11.4 Å². The normalized spacial score (nSPS) is 18.6. The second kappa shape index (κ2) is 5.88. The van der Waals surface area contributed by atoms with Crippen LogP contribution in [0.3, 0.4) is 0 Å². The first-order valence-corrected chi connectivity index (χ1v) is 6.45. The van der Waals surface area contributed by atoms with Crippen molar-refractivity contribution in [2.75, 3.05) is 24.6 Å². The van der Waals surface area contributed by atoms with Crippen molar-refractivity contribution in [2.45, 2.75) is 25.9 Å². The van der Waals surface area contributed by atoms with Crippen molar-refractivity contribution < 1.29 is 14.8 Å². The molecule has 1 N–H and O–H groups in total. The monoisotopic (exact) mass is 266 g/mol. The number of aliphatic hydroxyl groups excluding tert-OH is 1. The molecular formula is C13H18N2O4. The molecule has 1 aliphatic heterocycles. The maximum absolute atomic E-state index is 10.9. The molecule has 0 aromatic heterocycles. The molecule has 6 heteroatoms. The zero-order valence-electron chi connectivity index (χ0n) is 10.9. The maximum Gasteiger partial charge on any atom is 0.275 e. The molecule has 0 saturated carbocycles. The quantitative estimate of drug-likeness (QED) is 0.651. The molecule has 1 atom stereocenters. The van der Waals surface area contributed by atoms with Crippen LogP contribution < -0.4 is 9.64 Å². The second-order valence-corrected chi connectivity index (χ2v) is 4.68. The zero-order chi connectivity index (χ0) is 13.8. The molecule has 0 amide bonds. The predicted octanol–water partition coefficient (Wildman–Crippen LogP) is 1.95. The van der Waals surface area contributed by atoms with Gasteiger partial charge < -0.3 is 14.7 Å². The number of benzene rings is 1. The Balaban J connectivity index is 2.25. The van der Waals surface area contributed by atoms with E-state index < -0.39 is 4.92 Å². The van der Waals surface area contributed by atoms with Gasteiger partial charge in [-0.15, -0.1) is 0 Å². The molecule has 0 bridgehead atoms. The summed E-state index contributed by atoms with van der Waals surface area (Å²) in [7, 11) is 0. The van der Waals surface area contributed by atoms with E-state index in [-0.39, 0.29) is 11.8 Å². The number of hydrogen-bond acceptors (Lipinski definition) is 5. The van der Waals surface area contributed by atoms with Crippen LogP contribution in [0.5, 0.6) is 5.75 Å². The van der Waals surface area contributed by atoms with Crippen molar-refractivity contribution in [3.63, 3.8) is 0 Å². The smallest absolute Gasteiger partial charge is 0.275 e. The van der Waals surface area contributed by atoms with Crippen LogP contribution in [0.25, 0.3) is 0 Å². The molecule has 1 aromatic rings. The van der Waals surface area contributed by atoms with Crippen LogP contribution in [0.15, 0.2) is 18.2 Å². The summed E-state index contributed by atoms with van der Waals surface area (Å²) in [6.45, 7) is 3.72. The molecule has 104 valence electrons. The van der Waals surface area contributed by atoms with E-state index in [0.29, 0.717) is 31.9 Å². The van der Waals surface area contributed by atoms with Gasteiger partial charge in [0, 0.05) is 30.9 Å². The first kappa shape index (κ1) is 13.6. The third-order valence-corrected chi connectivity index (χ3v) is 3.09. The lowest BCUT2D eigenvalue weighted by atomic mass is 10.2. The minimum absolute atomic E-state index is 0.0185. The van der Waals surface area contributed by atoms with E-state index in [9.17, 15) is 15.2 Å². The topological polar surface area (TPSA) is 75.8 Å². The SMILES string of the molecule is CCCOc1cc(N2CC[C@@H](O)C2)cc([N+](=O)[O-])c1. The van der Waals surface area contributed by atoms with E-state index >= 15 is 0 Å². The number of anilines is 1. The molecule has 0 unspecified atom stereocenters. The lowest BCUT2D eigenvalue weighted by Gasteiger charge is -2.18. The summed E-state index contributed by atoms with van der Waals surface area (Å²) >= 11 is 0. The van der Waals surface area contributed by atoms with Crippen molar-refractivity contribution in [1.82, 2.24) is 0 Å². The van der Waals surface area contributed by atoms with Gasteiger partial charge in [0.05, 0.1) is 23.7 Å². The summed E-state index contributed by atoms with van der Waals surface area (Å²) in [5.74, 6) is 0.507. The van der Waals surface area contributed by atoms with Crippen LogP contribution >= 0.6 is 0 Å². The van der Waals surface area contributed by atoms with Gasteiger partial charge in [0.15, 0.2) is 0 Å². The van der Waals surface area contributed by atoms with Crippen molar-refractivity contribution >= 4 is 11.4 Å². The van der Waals surface area contributed by atoms with Gasteiger partial charge in [-0.2, -0.15) is 0 Å². The molecule has 1 saturated heterocycles. The maximum atomic E-state index is 10.9. The number of nitrogens with zero attached hydrogens (tertiary/aromatic N) is 2. The Labute approximate surface area is 111 Å². The van der Waals surface area contributed by atoms with E-state index in [1.54, 1.807) is 6.07 Å². The third kappa shape index (κ3) is 3.35. The average Bonchev–Trinajstić information content (AvgIpc) is 2.82. The molecule has 2 rings (SSSR count). The van der Waals surface area contributed by atoms with Crippen molar-refractivity contribution in [3.05, 3.63) is 28.3 Å². The molecule has 6 nitrogen and oxygen atoms in total. The van der Waals surface area contributed by atoms with Crippen molar-refractivity contribution in [2.24, 2.45) is 0 Å². The first-order chi connectivity index (χ1) is 9.10. The molecule has 1 aliphatic rings. The van der Waals surface area contributed by atoms with Gasteiger partial charge in [-0.05, 0) is 12.8 Å². The van der Waals surface area contributed by atoms with E-state index in [1.807, 2.05) is 11.8 Å². The molecule has 0 spiro atoms. The molecule has 0 radical (unpaired) electrons. The van der Waals surface area contributed by atoms with E-state index in [4.69, 9.17) is 4.74 Å². The lowest BCUT2D eigenvalue weighted by Crippen LogP contribution is -2.21. The molecule has 1 heterocycles. The first-order valence-electron chi connectivity index (χ1n) is 6.45. The minimum Gasteiger partial charge on any atom is -0.493 e. The number of non-ortho nitro benzene ring substituents is 1. The number of nitro groups is 1. The highest BCUT2D eigenvalue weighted by Crippen LogP contribution is 2.30. The van der Waals surface area contributed by atoms with Crippen LogP contribution in [0.1, 0.15) is 19.8 Å². The van der Waals surface area contributed by atoms with E-state index in [2.05, 4.69) is 0 Å². The average molecular weight is 266 g/mol. The zero-order valence-corrected chi connectivity index (χ0v) is 10.9. The summed E-state index contributed by atoms with van der Waals surface area (Å²) in [5, 5.41) is 20.5. The fourth-order valence-electron chi connectivity index (χ4n) is 2.14. The number of nitro benzene ring substituents is 1. The predicted molar refractivity (Wildman–Crippen MR) is 71.7 cm³/mol. The van der Waals surface area contributed by atoms with Gasteiger partial charge in [0.25, 0.3) is 5.69 Å². The van der Waals surface area contributed by atoms with Crippen LogP contribution in [-0.2, 0) is 0 Å².